The fourth-order valence-corrected chi connectivity index (χ4v) is 2.52. The van der Waals surface area contributed by atoms with Crippen LogP contribution in [0.1, 0.15) is 31.0 Å². The summed E-state index contributed by atoms with van der Waals surface area (Å²) in [7, 11) is 1.82. The van der Waals surface area contributed by atoms with E-state index >= 15 is 0 Å². The van der Waals surface area contributed by atoms with Crippen LogP contribution in [0.2, 0.25) is 0 Å². The lowest BCUT2D eigenvalue weighted by atomic mass is 10.1. The number of hydrogen-bond donors (Lipinski definition) is 1. The van der Waals surface area contributed by atoms with Crippen LogP contribution in [0.5, 0.6) is 0 Å². The smallest absolute Gasteiger partial charge is 0.305 e. The first-order valence-electron chi connectivity index (χ1n) is 6.57. The molecule has 2 aromatic rings. The minimum absolute atomic E-state index is 0.0412. The van der Waals surface area contributed by atoms with Gasteiger partial charge in [-0.15, -0.1) is 5.10 Å². The number of hydrogen-bond acceptors (Lipinski definition) is 5. The van der Waals surface area contributed by atoms with E-state index in [4.69, 9.17) is 5.11 Å². The zero-order chi connectivity index (χ0) is 14.3. The van der Waals surface area contributed by atoms with Crippen LogP contribution in [0, 0.1) is 12.8 Å². The zero-order valence-corrected chi connectivity index (χ0v) is 11.4. The number of aryl methyl sites for hydroxylation is 2. The largest absolute Gasteiger partial charge is 0.481 e. The standard InChI is InChI=1S/C12H16N6O2/c1-7-5-10(17(2)14-7)12-13-15-16-18(12)9(6-11(19)20)8-3-4-8/h5,8-9H,3-4,6H2,1-2H3,(H,19,20). The lowest BCUT2D eigenvalue weighted by Crippen LogP contribution is -2.18. The van der Waals surface area contributed by atoms with Gasteiger partial charge in [0, 0.05) is 7.05 Å². The van der Waals surface area contributed by atoms with Crippen molar-refractivity contribution in [2.24, 2.45) is 13.0 Å². The third-order valence-corrected chi connectivity index (χ3v) is 3.59. The number of tetrazole rings is 1. The van der Waals surface area contributed by atoms with Gasteiger partial charge in [-0.2, -0.15) is 5.10 Å². The molecule has 2 heterocycles. The second-order valence-corrected chi connectivity index (χ2v) is 5.24. The minimum atomic E-state index is -0.829. The first-order valence-corrected chi connectivity index (χ1v) is 6.57. The molecular formula is C12H16N6O2. The molecule has 8 nitrogen and oxygen atoms in total. The van der Waals surface area contributed by atoms with E-state index in [0.717, 1.165) is 24.2 Å². The van der Waals surface area contributed by atoms with Gasteiger partial charge in [-0.25, -0.2) is 4.68 Å². The maximum absolute atomic E-state index is 11.1. The summed E-state index contributed by atoms with van der Waals surface area (Å²) in [5.41, 5.74) is 1.67. The number of carboxylic acids is 1. The summed E-state index contributed by atoms with van der Waals surface area (Å²) in [5.74, 6) is 0.0958. The van der Waals surface area contributed by atoms with E-state index in [1.165, 1.54) is 0 Å². The minimum Gasteiger partial charge on any atom is -0.481 e. The van der Waals surface area contributed by atoms with Gasteiger partial charge in [0.05, 0.1) is 18.2 Å². The second-order valence-electron chi connectivity index (χ2n) is 5.24. The molecule has 0 aromatic carbocycles. The third-order valence-electron chi connectivity index (χ3n) is 3.59. The van der Waals surface area contributed by atoms with Crippen LogP contribution >= 0.6 is 0 Å². The van der Waals surface area contributed by atoms with Crippen LogP contribution in [0.4, 0.5) is 0 Å². The summed E-state index contributed by atoms with van der Waals surface area (Å²) in [4.78, 5) is 11.1. The van der Waals surface area contributed by atoms with Gasteiger partial charge in [-0.1, -0.05) is 0 Å². The highest BCUT2D eigenvalue weighted by Gasteiger charge is 2.36. The molecule has 1 unspecified atom stereocenters. The van der Waals surface area contributed by atoms with E-state index in [9.17, 15) is 4.79 Å². The number of nitrogens with zero attached hydrogens (tertiary/aromatic N) is 6. The van der Waals surface area contributed by atoms with Gasteiger partial charge in [0.25, 0.3) is 0 Å². The Balaban J connectivity index is 2.00. The van der Waals surface area contributed by atoms with Crippen LogP contribution in [0.25, 0.3) is 11.5 Å². The first kappa shape index (κ1) is 12.8. The van der Waals surface area contributed by atoms with Crippen molar-refractivity contribution in [1.29, 1.82) is 0 Å². The Morgan fingerprint density at radius 2 is 2.30 bits per heavy atom. The van der Waals surface area contributed by atoms with Gasteiger partial charge in [0.2, 0.25) is 5.82 Å². The van der Waals surface area contributed by atoms with Gasteiger partial charge < -0.3 is 5.11 Å². The molecular weight excluding hydrogens is 260 g/mol. The lowest BCUT2D eigenvalue weighted by Gasteiger charge is -2.15. The molecule has 0 radical (unpaired) electrons. The first-order chi connectivity index (χ1) is 9.56. The van der Waals surface area contributed by atoms with E-state index in [0.29, 0.717) is 11.7 Å². The third kappa shape index (κ3) is 2.28. The molecule has 2 aromatic heterocycles. The van der Waals surface area contributed by atoms with Gasteiger partial charge in [-0.05, 0) is 42.2 Å². The predicted octanol–water partition coefficient (Wildman–Crippen LogP) is 0.808. The molecule has 0 saturated heterocycles. The molecule has 3 rings (SSSR count). The van der Waals surface area contributed by atoms with Crippen molar-refractivity contribution in [2.45, 2.75) is 32.2 Å². The average molecular weight is 276 g/mol. The van der Waals surface area contributed by atoms with Gasteiger partial charge in [0.15, 0.2) is 0 Å². The van der Waals surface area contributed by atoms with Gasteiger partial charge in [0.1, 0.15) is 5.69 Å². The molecule has 20 heavy (non-hydrogen) atoms. The van der Waals surface area contributed by atoms with Crippen LogP contribution < -0.4 is 0 Å². The van der Waals surface area contributed by atoms with E-state index in [1.54, 1.807) is 9.36 Å². The van der Waals surface area contributed by atoms with Crippen molar-refractivity contribution in [3.63, 3.8) is 0 Å². The maximum Gasteiger partial charge on any atom is 0.305 e. The summed E-state index contributed by atoms with van der Waals surface area (Å²) < 4.78 is 3.35. The summed E-state index contributed by atoms with van der Waals surface area (Å²) in [6.07, 6.45) is 2.10. The Kier molecular flexibility index (Phi) is 3.00. The summed E-state index contributed by atoms with van der Waals surface area (Å²) >= 11 is 0. The van der Waals surface area contributed by atoms with Crippen molar-refractivity contribution >= 4 is 5.97 Å². The van der Waals surface area contributed by atoms with E-state index in [2.05, 4.69) is 20.6 Å². The molecule has 0 aliphatic heterocycles. The quantitative estimate of drug-likeness (QED) is 0.867. The normalized spacial score (nSPS) is 16.3. The number of carboxylic acid groups (broad SMARTS) is 1. The van der Waals surface area contributed by atoms with Crippen LogP contribution in [-0.4, -0.2) is 41.1 Å². The van der Waals surface area contributed by atoms with Crippen LogP contribution in [0.15, 0.2) is 6.07 Å². The van der Waals surface area contributed by atoms with Crippen molar-refractivity contribution in [1.82, 2.24) is 30.0 Å². The van der Waals surface area contributed by atoms with Crippen molar-refractivity contribution < 1.29 is 9.90 Å². The molecule has 106 valence electrons. The molecule has 1 aliphatic carbocycles. The molecule has 0 bridgehead atoms. The highest BCUT2D eigenvalue weighted by atomic mass is 16.4. The number of carbonyl (C=O) groups is 1. The lowest BCUT2D eigenvalue weighted by molar-refractivity contribution is -0.138. The van der Waals surface area contributed by atoms with Crippen molar-refractivity contribution in [3.05, 3.63) is 11.8 Å². The Labute approximate surface area is 115 Å². The maximum atomic E-state index is 11.1. The number of rotatable bonds is 5. The summed E-state index contributed by atoms with van der Waals surface area (Å²) in [6, 6.07) is 1.71. The molecule has 8 heteroatoms. The second kappa shape index (κ2) is 4.69. The van der Waals surface area contributed by atoms with E-state index < -0.39 is 5.97 Å². The van der Waals surface area contributed by atoms with Crippen molar-refractivity contribution in [3.8, 4) is 11.5 Å². The van der Waals surface area contributed by atoms with Crippen LogP contribution in [-0.2, 0) is 11.8 Å². The fourth-order valence-electron chi connectivity index (χ4n) is 2.52. The highest BCUT2D eigenvalue weighted by Crippen LogP contribution is 2.42. The van der Waals surface area contributed by atoms with Crippen LogP contribution in [0.3, 0.4) is 0 Å². The molecule has 1 atom stereocenters. The highest BCUT2D eigenvalue weighted by molar-refractivity contribution is 5.67. The van der Waals surface area contributed by atoms with Gasteiger partial charge in [-0.3, -0.25) is 9.48 Å². The fraction of sp³-hybridized carbons (Fsp3) is 0.583. The summed E-state index contributed by atoms with van der Waals surface area (Å²) in [6.45, 7) is 1.90. The molecule has 1 aliphatic rings. The SMILES string of the molecule is Cc1cc(-c2nnnn2C(CC(=O)O)C2CC2)n(C)n1. The van der Waals surface area contributed by atoms with Crippen molar-refractivity contribution in [2.75, 3.05) is 0 Å². The predicted molar refractivity (Wildman–Crippen MR) is 68.8 cm³/mol. The monoisotopic (exact) mass is 276 g/mol. The molecule has 1 fully saturated rings. The number of aliphatic carboxylic acids is 1. The average Bonchev–Trinajstić information content (AvgIpc) is 3.00. The zero-order valence-electron chi connectivity index (χ0n) is 11.4. The molecule has 1 N–H and O–H groups in total. The molecule has 0 amide bonds. The Bertz CT molecular complexity index is 642. The van der Waals surface area contributed by atoms with Gasteiger partial charge >= 0.3 is 5.97 Å². The topological polar surface area (TPSA) is 98.7 Å². The Morgan fingerprint density at radius 1 is 1.55 bits per heavy atom. The van der Waals surface area contributed by atoms with E-state index in [-0.39, 0.29) is 12.5 Å². The molecule has 1 saturated carbocycles. The summed E-state index contributed by atoms with van der Waals surface area (Å²) in [5, 5.41) is 25.1. The van der Waals surface area contributed by atoms with E-state index in [1.807, 2.05) is 20.0 Å². The number of aromatic nitrogens is 6. The Hall–Kier alpha value is -2.25. The molecule has 0 spiro atoms. The Morgan fingerprint density at radius 3 is 2.85 bits per heavy atom.